The number of hydrogen-bond acceptors (Lipinski definition) is 4. The summed E-state index contributed by atoms with van der Waals surface area (Å²) in [7, 11) is 0. The molecule has 0 aromatic carbocycles. The van der Waals surface area contributed by atoms with Gasteiger partial charge in [-0.25, -0.2) is 0 Å². The Hall–Kier alpha value is -1.49. The van der Waals surface area contributed by atoms with Gasteiger partial charge in [-0.15, -0.1) is 0 Å². The van der Waals surface area contributed by atoms with Gasteiger partial charge in [0.2, 0.25) is 0 Å². The van der Waals surface area contributed by atoms with Crippen molar-refractivity contribution in [3.05, 3.63) is 47.1 Å². The molecule has 4 heteroatoms. The molecule has 4 aliphatic carbocycles. The zero-order valence-electron chi connectivity index (χ0n) is 19.9. The van der Waals surface area contributed by atoms with Crippen LogP contribution in [-0.2, 0) is 4.79 Å². The fourth-order valence-corrected chi connectivity index (χ4v) is 7.15. The number of aliphatic hydroxyl groups excluding tert-OH is 2. The van der Waals surface area contributed by atoms with Crippen LogP contribution in [0.4, 0.5) is 0 Å². The second kappa shape index (κ2) is 8.70. The summed E-state index contributed by atoms with van der Waals surface area (Å²) in [6, 6.07) is 0. The number of allylic oxidation sites excluding steroid dienone is 4. The lowest BCUT2D eigenvalue weighted by Crippen LogP contribution is -2.36. The van der Waals surface area contributed by atoms with Crippen LogP contribution in [0.15, 0.2) is 47.1 Å². The van der Waals surface area contributed by atoms with E-state index in [1.54, 1.807) is 6.92 Å². The lowest BCUT2D eigenvalue weighted by Gasteiger charge is -2.44. The quantitative estimate of drug-likeness (QED) is 0.551. The summed E-state index contributed by atoms with van der Waals surface area (Å²) >= 11 is 0. The van der Waals surface area contributed by atoms with Gasteiger partial charge in [-0.05, 0) is 98.2 Å². The maximum absolute atomic E-state index is 12.5. The number of ketones is 1. The van der Waals surface area contributed by atoms with Gasteiger partial charge in [-0.1, -0.05) is 44.2 Å². The summed E-state index contributed by atoms with van der Waals surface area (Å²) in [6.45, 7) is 10.4. The van der Waals surface area contributed by atoms with Crippen LogP contribution in [-0.4, -0.2) is 38.9 Å². The molecule has 0 aliphatic heterocycles. The van der Waals surface area contributed by atoms with Gasteiger partial charge >= 0.3 is 0 Å². The first-order valence-corrected chi connectivity index (χ1v) is 12.5. The number of Topliss-reactive ketones (excluding diaryl/α,β-unsaturated/α-hetero) is 1. The molecule has 7 atom stereocenters. The topological polar surface area (TPSA) is 77.8 Å². The lowest BCUT2D eigenvalue weighted by molar-refractivity contribution is -0.129. The number of fused-ring (bicyclic) bond motifs is 1. The van der Waals surface area contributed by atoms with E-state index in [0.717, 1.165) is 29.6 Å². The lowest BCUT2D eigenvalue weighted by atomic mass is 9.61. The van der Waals surface area contributed by atoms with E-state index >= 15 is 0 Å². The Labute approximate surface area is 192 Å². The molecule has 0 spiro atoms. The van der Waals surface area contributed by atoms with E-state index in [1.165, 1.54) is 24.8 Å². The van der Waals surface area contributed by atoms with Crippen LogP contribution >= 0.6 is 0 Å². The molecule has 4 aliphatic rings. The number of carbonyl (C=O) groups is 1. The van der Waals surface area contributed by atoms with E-state index in [0.29, 0.717) is 43.4 Å². The Morgan fingerprint density at radius 2 is 1.84 bits per heavy atom. The fourth-order valence-electron chi connectivity index (χ4n) is 7.15. The van der Waals surface area contributed by atoms with E-state index < -0.39 is 17.8 Å². The van der Waals surface area contributed by atoms with Crippen LogP contribution in [0, 0.1) is 23.2 Å². The van der Waals surface area contributed by atoms with Crippen molar-refractivity contribution < 1.29 is 20.1 Å². The van der Waals surface area contributed by atoms with Gasteiger partial charge < -0.3 is 15.3 Å². The molecule has 32 heavy (non-hydrogen) atoms. The second-order valence-electron chi connectivity index (χ2n) is 11.3. The Bertz CT molecular complexity index is 876. The number of aliphatic hydroxyl groups is 3. The molecule has 0 amide bonds. The molecule has 0 bridgehead atoms. The van der Waals surface area contributed by atoms with Gasteiger partial charge in [0.05, 0.1) is 12.2 Å². The van der Waals surface area contributed by atoms with Gasteiger partial charge in [0.1, 0.15) is 5.60 Å². The Balaban J connectivity index is 1.53. The Kier molecular flexibility index (Phi) is 6.43. The minimum absolute atomic E-state index is 0.0861. The normalized spacial score (nSPS) is 45.1. The molecule has 4 nitrogen and oxygen atoms in total. The summed E-state index contributed by atoms with van der Waals surface area (Å²) in [4.78, 5) is 12.5. The molecular formula is C28H40O4. The molecule has 0 radical (unpaired) electrons. The van der Waals surface area contributed by atoms with Crippen molar-refractivity contribution in [1.29, 1.82) is 0 Å². The third-order valence-electron chi connectivity index (χ3n) is 9.06. The summed E-state index contributed by atoms with van der Waals surface area (Å²) in [5, 5.41) is 30.5. The fraction of sp³-hybridized carbons (Fsp3) is 0.679. The Morgan fingerprint density at radius 3 is 2.53 bits per heavy atom. The van der Waals surface area contributed by atoms with Gasteiger partial charge in [0, 0.05) is 6.42 Å². The van der Waals surface area contributed by atoms with Gasteiger partial charge in [0.25, 0.3) is 0 Å². The van der Waals surface area contributed by atoms with Gasteiger partial charge in [-0.2, -0.15) is 0 Å². The molecular weight excluding hydrogens is 400 g/mol. The maximum Gasteiger partial charge on any atom is 0.189 e. The van der Waals surface area contributed by atoms with Crippen LogP contribution in [0.3, 0.4) is 0 Å². The van der Waals surface area contributed by atoms with Crippen molar-refractivity contribution in [2.75, 3.05) is 0 Å². The average molecular weight is 441 g/mol. The summed E-state index contributed by atoms with van der Waals surface area (Å²) in [6.07, 6.45) is 13.3. The van der Waals surface area contributed by atoms with Crippen LogP contribution in [0.25, 0.3) is 0 Å². The van der Waals surface area contributed by atoms with E-state index in [-0.39, 0.29) is 11.2 Å². The highest BCUT2D eigenvalue weighted by Crippen LogP contribution is 2.59. The number of hydrogen-bond donors (Lipinski definition) is 3. The first kappa shape index (κ1) is 23.7. The van der Waals surface area contributed by atoms with Crippen molar-refractivity contribution in [2.45, 2.75) is 96.4 Å². The zero-order valence-corrected chi connectivity index (χ0v) is 19.9. The Morgan fingerprint density at radius 1 is 1.09 bits per heavy atom. The third kappa shape index (κ3) is 4.22. The number of rotatable bonds is 3. The molecule has 0 aromatic rings. The van der Waals surface area contributed by atoms with E-state index in [2.05, 4.69) is 38.7 Å². The predicted octanol–water partition coefficient (Wildman–Crippen LogP) is 4.80. The third-order valence-corrected chi connectivity index (χ3v) is 9.06. The average Bonchev–Trinajstić information content (AvgIpc) is 3.21. The van der Waals surface area contributed by atoms with E-state index in [9.17, 15) is 20.1 Å². The smallest absolute Gasteiger partial charge is 0.189 e. The molecule has 3 N–H and O–H groups in total. The minimum Gasteiger partial charge on any atom is -0.393 e. The summed E-state index contributed by atoms with van der Waals surface area (Å²) in [5.41, 5.74) is 3.04. The van der Waals surface area contributed by atoms with Gasteiger partial charge in [0.15, 0.2) is 5.78 Å². The standard InChI is InChI=1S/C28H40O4/c1-17(14-21-11-13-28(4,32)26(21)31)23-9-10-24-19(6-5-12-27(23,24)3)7-8-20-15-22(29)16-25(30)18(20)2/h7-8,14,17,22-25,29-30,32H,2,5-6,9-13,15-16H2,1,3-4H3/b19-7+,20-8-,21-14+/t17-,22-,23-,24+,25+,27-,28+/m1/s1. The highest BCUT2D eigenvalue weighted by atomic mass is 16.3. The van der Waals surface area contributed by atoms with Crippen LogP contribution in [0.2, 0.25) is 0 Å². The molecule has 0 aromatic heterocycles. The largest absolute Gasteiger partial charge is 0.393 e. The highest BCUT2D eigenvalue weighted by Gasteiger charge is 2.50. The summed E-state index contributed by atoms with van der Waals surface area (Å²) in [5.74, 6) is 1.30. The molecule has 4 fully saturated rings. The highest BCUT2D eigenvalue weighted by molar-refractivity contribution is 6.03. The second-order valence-corrected chi connectivity index (χ2v) is 11.3. The zero-order chi connectivity index (χ0) is 23.3. The van der Waals surface area contributed by atoms with E-state index in [4.69, 9.17) is 0 Å². The van der Waals surface area contributed by atoms with E-state index in [1.807, 2.05) is 0 Å². The van der Waals surface area contributed by atoms with Crippen molar-refractivity contribution in [1.82, 2.24) is 0 Å². The SMILES string of the molecule is C=C1/C(=C\C=C2/CCC[C@]3(C)[C@@H]([C@H](C)/C=C4\CC[C@](C)(O)C4=O)CC[C@@H]23)C[C@@H](O)C[C@@H]1O. The molecule has 4 rings (SSSR count). The first-order valence-electron chi connectivity index (χ1n) is 12.5. The van der Waals surface area contributed by atoms with Crippen LogP contribution in [0.1, 0.15) is 78.6 Å². The first-order chi connectivity index (χ1) is 15.0. The van der Waals surface area contributed by atoms with Crippen molar-refractivity contribution >= 4 is 5.78 Å². The predicted molar refractivity (Wildman–Crippen MR) is 127 cm³/mol. The molecule has 176 valence electrons. The van der Waals surface area contributed by atoms with Crippen molar-refractivity contribution in [3.8, 4) is 0 Å². The molecule has 0 unspecified atom stereocenters. The minimum atomic E-state index is -1.19. The van der Waals surface area contributed by atoms with Crippen LogP contribution < -0.4 is 0 Å². The van der Waals surface area contributed by atoms with Gasteiger partial charge in [-0.3, -0.25) is 4.79 Å². The van der Waals surface area contributed by atoms with Crippen molar-refractivity contribution in [3.63, 3.8) is 0 Å². The van der Waals surface area contributed by atoms with Crippen molar-refractivity contribution in [2.24, 2.45) is 23.2 Å². The molecule has 0 saturated heterocycles. The maximum atomic E-state index is 12.5. The molecule has 0 heterocycles. The monoisotopic (exact) mass is 440 g/mol. The summed E-state index contributed by atoms with van der Waals surface area (Å²) < 4.78 is 0. The number of carbonyl (C=O) groups excluding carboxylic acids is 1. The molecule has 4 saturated carbocycles. The van der Waals surface area contributed by atoms with Crippen LogP contribution in [0.5, 0.6) is 0 Å².